The van der Waals surface area contributed by atoms with Gasteiger partial charge in [-0.05, 0) is 40.9 Å². The van der Waals surface area contributed by atoms with Gasteiger partial charge in [0.1, 0.15) is 12.1 Å². The summed E-state index contributed by atoms with van der Waals surface area (Å²) in [5.41, 5.74) is -1.07. The van der Waals surface area contributed by atoms with E-state index < -0.39 is 47.1 Å². The van der Waals surface area contributed by atoms with Crippen LogP contribution in [0.3, 0.4) is 0 Å². The van der Waals surface area contributed by atoms with Crippen LogP contribution in [0.1, 0.15) is 74.7 Å². The zero-order valence-electron chi connectivity index (χ0n) is 25.4. The molecule has 0 aromatic rings. The van der Waals surface area contributed by atoms with Crippen molar-refractivity contribution in [1.82, 2.24) is 26.2 Å². The Morgan fingerprint density at radius 2 is 1.68 bits per heavy atom. The summed E-state index contributed by atoms with van der Waals surface area (Å²) < 4.78 is 0. The minimum atomic E-state index is -1.20. The van der Waals surface area contributed by atoms with Crippen LogP contribution >= 0.6 is 0 Å². The number of carbonyl (C=O) groups is 6. The van der Waals surface area contributed by atoms with Crippen LogP contribution in [0.5, 0.6) is 0 Å². The Balaban J connectivity index is 1.87. The Hall–Kier alpha value is -2.98. The molecule has 3 aliphatic rings. The van der Waals surface area contributed by atoms with E-state index in [1.165, 1.54) is 11.9 Å². The molecular weight excluding hydrogens is 514 g/mol. The molecule has 11 heteroatoms. The topological polar surface area (TPSA) is 154 Å². The number of ketones is 1. The first-order valence-electron chi connectivity index (χ1n) is 14.2. The first kappa shape index (κ1) is 31.5. The highest BCUT2D eigenvalue weighted by Crippen LogP contribution is 2.65. The van der Waals surface area contributed by atoms with Crippen LogP contribution in [0.15, 0.2) is 0 Å². The zero-order valence-corrected chi connectivity index (χ0v) is 25.4. The third kappa shape index (κ3) is 6.66. The molecule has 224 valence electrons. The highest BCUT2D eigenvalue weighted by molar-refractivity contribution is 6.38. The quantitative estimate of drug-likeness (QED) is 0.305. The second-order valence-corrected chi connectivity index (χ2v) is 14.5. The number of likely N-dealkylation sites (tertiary alicyclic amines) is 1. The highest BCUT2D eigenvalue weighted by Gasteiger charge is 2.70. The Morgan fingerprint density at radius 1 is 1.05 bits per heavy atom. The summed E-state index contributed by atoms with van der Waals surface area (Å²) in [4.78, 5) is 79.7. The van der Waals surface area contributed by atoms with Crippen molar-refractivity contribution in [2.75, 3.05) is 20.1 Å². The van der Waals surface area contributed by atoms with Crippen molar-refractivity contribution in [3.8, 4) is 0 Å². The predicted octanol–water partition coefficient (Wildman–Crippen LogP) is 0.763. The van der Waals surface area contributed by atoms with Crippen LogP contribution in [-0.4, -0.2) is 78.5 Å². The number of amides is 5. The number of Topliss-reactive ketones (excluding diaryl/α,β-unsaturated/α-hetero) is 1. The van der Waals surface area contributed by atoms with Gasteiger partial charge in [-0.25, -0.2) is 0 Å². The Kier molecular flexibility index (Phi) is 8.77. The molecule has 2 saturated heterocycles. The highest BCUT2D eigenvalue weighted by atomic mass is 16.2. The third-order valence-electron chi connectivity index (χ3n) is 8.64. The lowest BCUT2D eigenvalue weighted by atomic mass is 9.84. The molecule has 2 aliphatic heterocycles. The number of fused-ring (bicyclic) bond motifs is 1. The number of carbonyl (C=O) groups excluding carboxylic acids is 6. The second kappa shape index (κ2) is 11.1. The number of likely N-dealkylation sites (N-methyl/N-ethyl adjacent to an activating group) is 1. The van der Waals surface area contributed by atoms with Crippen LogP contribution < -0.4 is 21.3 Å². The summed E-state index contributed by atoms with van der Waals surface area (Å²) in [6, 6.07) is -2.93. The zero-order chi connectivity index (χ0) is 30.4. The van der Waals surface area contributed by atoms with Gasteiger partial charge in [-0.1, -0.05) is 55.4 Å². The molecule has 3 rings (SSSR count). The second-order valence-electron chi connectivity index (χ2n) is 14.5. The summed E-state index contributed by atoms with van der Waals surface area (Å²) in [5, 5.41) is 10.7. The lowest BCUT2D eigenvalue weighted by Crippen LogP contribution is -2.60. The maximum absolute atomic E-state index is 14.0. The van der Waals surface area contributed by atoms with Gasteiger partial charge < -0.3 is 26.2 Å². The molecule has 0 aromatic carbocycles. The molecule has 1 saturated carbocycles. The Bertz CT molecular complexity index is 1070. The Labute approximate surface area is 237 Å². The van der Waals surface area contributed by atoms with Gasteiger partial charge in [-0.15, -0.1) is 0 Å². The van der Waals surface area contributed by atoms with Crippen molar-refractivity contribution in [2.24, 2.45) is 34.0 Å². The summed E-state index contributed by atoms with van der Waals surface area (Å²) in [6.45, 7) is 16.4. The summed E-state index contributed by atoms with van der Waals surface area (Å²) in [6.07, 6.45) is 0.738. The minimum Gasteiger partial charge on any atom is -0.356 e. The number of hydrogen-bond donors (Lipinski definition) is 4. The fourth-order valence-electron chi connectivity index (χ4n) is 6.25. The van der Waals surface area contributed by atoms with E-state index in [1.807, 2.05) is 55.4 Å². The molecule has 0 bridgehead atoms. The van der Waals surface area contributed by atoms with Crippen LogP contribution in [0.25, 0.3) is 0 Å². The Morgan fingerprint density at radius 3 is 2.17 bits per heavy atom. The van der Waals surface area contributed by atoms with Crippen molar-refractivity contribution in [3.63, 3.8) is 0 Å². The molecule has 1 unspecified atom stereocenters. The molecule has 0 aromatic heterocycles. The average Bonchev–Trinajstić information content (AvgIpc) is 3.18. The first-order chi connectivity index (χ1) is 18.3. The monoisotopic (exact) mass is 561 g/mol. The van der Waals surface area contributed by atoms with Gasteiger partial charge in [-0.2, -0.15) is 0 Å². The van der Waals surface area contributed by atoms with Gasteiger partial charge in [0.2, 0.25) is 29.4 Å². The molecule has 1 aliphatic carbocycles. The molecule has 5 amide bonds. The summed E-state index contributed by atoms with van der Waals surface area (Å²) in [7, 11) is 1.33. The van der Waals surface area contributed by atoms with E-state index in [0.29, 0.717) is 19.5 Å². The van der Waals surface area contributed by atoms with Crippen LogP contribution in [0.4, 0.5) is 0 Å². The van der Waals surface area contributed by atoms with Gasteiger partial charge in [0.25, 0.3) is 5.91 Å². The average molecular weight is 562 g/mol. The number of nitrogens with zero attached hydrogens (tertiary/aromatic N) is 1. The van der Waals surface area contributed by atoms with Crippen molar-refractivity contribution in [3.05, 3.63) is 0 Å². The lowest BCUT2D eigenvalue weighted by Gasteiger charge is -2.38. The van der Waals surface area contributed by atoms with Gasteiger partial charge in [0.05, 0.1) is 6.04 Å². The maximum Gasteiger partial charge on any atom is 0.289 e. The van der Waals surface area contributed by atoms with Crippen LogP contribution in [0, 0.1) is 34.0 Å². The molecule has 6 atom stereocenters. The van der Waals surface area contributed by atoms with E-state index in [2.05, 4.69) is 21.3 Å². The van der Waals surface area contributed by atoms with Crippen molar-refractivity contribution >= 4 is 35.3 Å². The summed E-state index contributed by atoms with van der Waals surface area (Å²) in [5.74, 6) is -3.57. The number of nitrogens with one attached hydrogen (secondary N) is 4. The van der Waals surface area contributed by atoms with E-state index in [-0.39, 0.29) is 53.2 Å². The van der Waals surface area contributed by atoms with E-state index >= 15 is 0 Å². The maximum atomic E-state index is 14.0. The normalized spacial score (nSPS) is 26.7. The molecule has 2 heterocycles. The van der Waals surface area contributed by atoms with Gasteiger partial charge in [-0.3, -0.25) is 28.8 Å². The van der Waals surface area contributed by atoms with Gasteiger partial charge in [0, 0.05) is 32.5 Å². The molecule has 11 nitrogen and oxygen atoms in total. The van der Waals surface area contributed by atoms with E-state index in [4.69, 9.17) is 0 Å². The third-order valence-corrected chi connectivity index (χ3v) is 8.64. The molecule has 0 radical (unpaired) electrons. The SMILES string of the molecule is CNC(=O)C(=O)C(C[C@@H]1CCNC1=O)NC(=O)[C@@H]1[C@@H]2[C@H](CN1C(=O)[C@@H](NC(=O)CC(C)(C)C)C(C)(C)C)C2(C)C. The van der Waals surface area contributed by atoms with E-state index in [1.54, 1.807) is 0 Å². The first-order valence-corrected chi connectivity index (χ1v) is 14.2. The minimum absolute atomic E-state index is 0.00451. The largest absolute Gasteiger partial charge is 0.356 e. The van der Waals surface area contributed by atoms with Crippen LogP contribution in [0.2, 0.25) is 0 Å². The smallest absolute Gasteiger partial charge is 0.289 e. The van der Waals surface area contributed by atoms with Gasteiger partial charge in [0.15, 0.2) is 0 Å². The lowest BCUT2D eigenvalue weighted by molar-refractivity contribution is -0.147. The standard InChI is InChI=1S/C29H47N5O6/c1-27(2,3)13-18(35)33-22(28(4,5)6)26(40)34-14-16-19(29(16,7)8)20(34)24(38)32-17(21(36)25(39)30-9)12-15-10-11-31-23(15)37/h15-17,19-20,22H,10-14H2,1-9H3,(H,30,39)(H,31,37)(H,32,38)(H,33,35)/t15-,16-,17?,19-,20-,22+/m0/s1. The van der Waals surface area contributed by atoms with Crippen molar-refractivity contribution in [1.29, 1.82) is 0 Å². The number of piperidine rings is 1. The molecular formula is C29H47N5O6. The van der Waals surface area contributed by atoms with Crippen molar-refractivity contribution < 1.29 is 28.8 Å². The number of hydrogen-bond acceptors (Lipinski definition) is 6. The van der Waals surface area contributed by atoms with E-state index in [9.17, 15) is 28.8 Å². The number of rotatable bonds is 9. The van der Waals surface area contributed by atoms with Gasteiger partial charge >= 0.3 is 0 Å². The molecule has 0 spiro atoms. The molecule has 4 N–H and O–H groups in total. The fourth-order valence-corrected chi connectivity index (χ4v) is 6.25. The van der Waals surface area contributed by atoms with Crippen molar-refractivity contribution in [2.45, 2.75) is 92.8 Å². The summed E-state index contributed by atoms with van der Waals surface area (Å²) >= 11 is 0. The predicted molar refractivity (Wildman–Crippen MR) is 148 cm³/mol. The molecule has 3 fully saturated rings. The van der Waals surface area contributed by atoms with Crippen LogP contribution in [-0.2, 0) is 28.8 Å². The fraction of sp³-hybridized carbons (Fsp3) is 0.793. The van der Waals surface area contributed by atoms with E-state index in [0.717, 1.165) is 0 Å². The molecule has 40 heavy (non-hydrogen) atoms.